The van der Waals surface area contributed by atoms with E-state index >= 15 is 0 Å². The molecule has 3 aromatic rings. The maximum atomic E-state index is 13.0. The van der Waals surface area contributed by atoms with Crippen LogP contribution in [0.5, 0.6) is 0 Å². The number of carbonyl (C=O) groups is 1. The van der Waals surface area contributed by atoms with E-state index in [1.54, 1.807) is 6.07 Å². The molecule has 0 aliphatic carbocycles. The number of carbonyl (C=O) groups excluding carboxylic acids is 1. The first kappa shape index (κ1) is 20.6. The van der Waals surface area contributed by atoms with Gasteiger partial charge in [0.15, 0.2) is 5.13 Å². The Kier molecular flexibility index (Phi) is 5.16. The van der Waals surface area contributed by atoms with Crippen LogP contribution in [0.25, 0.3) is 21.7 Å². The van der Waals surface area contributed by atoms with Gasteiger partial charge in [-0.3, -0.25) is 10.3 Å². The van der Waals surface area contributed by atoms with Crippen LogP contribution in [0.3, 0.4) is 0 Å². The second-order valence-electron chi connectivity index (χ2n) is 8.66. The summed E-state index contributed by atoms with van der Waals surface area (Å²) in [6.45, 7) is 6.70. The van der Waals surface area contributed by atoms with Gasteiger partial charge in [-0.2, -0.15) is 5.26 Å². The Morgan fingerprint density at radius 2 is 1.91 bits per heavy atom. The zero-order valence-electron chi connectivity index (χ0n) is 18.3. The molecule has 2 saturated heterocycles. The van der Waals surface area contributed by atoms with E-state index in [-0.39, 0.29) is 12.1 Å². The summed E-state index contributed by atoms with van der Waals surface area (Å²) in [6.07, 6.45) is 0. The van der Waals surface area contributed by atoms with Crippen molar-refractivity contribution in [2.24, 2.45) is 5.92 Å². The minimum Gasteiger partial charge on any atom is -0.319 e. The van der Waals surface area contributed by atoms with Crippen molar-refractivity contribution < 1.29 is 4.79 Å². The van der Waals surface area contributed by atoms with Gasteiger partial charge in [0.1, 0.15) is 0 Å². The number of benzene rings is 1. The average molecular weight is 445 g/mol. The van der Waals surface area contributed by atoms with Gasteiger partial charge in [-0.1, -0.05) is 23.5 Å². The molecular formula is C24H24N6OS. The highest BCUT2D eigenvalue weighted by atomic mass is 32.1. The number of urea groups is 1. The fraction of sp³-hybridized carbons (Fsp3) is 0.333. The number of likely N-dealkylation sites (tertiary alicyclic amines) is 2. The van der Waals surface area contributed by atoms with E-state index in [0.29, 0.717) is 16.6 Å². The van der Waals surface area contributed by atoms with E-state index in [1.807, 2.05) is 49.1 Å². The number of nitrogens with one attached hydrogen (secondary N) is 1. The van der Waals surface area contributed by atoms with Crippen molar-refractivity contribution in [2.75, 3.05) is 32.0 Å². The van der Waals surface area contributed by atoms with Crippen LogP contribution in [0.2, 0.25) is 0 Å². The number of aromatic nitrogens is 2. The average Bonchev–Trinajstić information content (AvgIpc) is 3.29. The van der Waals surface area contributed by atoms with Crippen LogP contribution in [0.1, 0.15) is 17.0 Å². The normalized spacial score (nSPS) is 19.9. The van der Waals surface area contributed by atoms with Gasteiger partial charge in [0, 0.05) is 42.5 Å². The highest BCUT2D eigenvalue weighted by Gasteiger charge is 2.46. The predicted octanol–water partition coefficient (Wildman–Crippen LogP) is 4.14. The highest BCUT2D eigenvalue weighted by Crippen LogP contribution is 2.40. The number of anilines is 1. The third-order valence-corrected chi connectivity index (χ3v) is 7.15. The molecule has 2 unspecified atom stereocenters. The molecule has 0 spiro atoms. The van der Waals surface area contributed by atoms with Gasteiger partial charge in [-0.25, -0.2) is 9.78 Å². The van der Waals surface area contributed by atoms with Crippen LogP contribution in [0.15, 0.2) is 36.4 Å². The summed E-state index contributed by atoms with van der Waals surface area (Å²) in [7, 11) is 2.10. The molecule has 162 valence electrons. The summed E-state index contributed by atoms with van der Waals surface area (Å²) in [6, 6.07) is 13.8. The number of nitriles is 1. The molecule has 1 N–H and O–H groups in total. The molecular weight excluding hydrogens is 420 g/mol. The first-order valence-corrected chi connectivity index (χ1v) is 11.5. The Morgan fingerprint density at radius 3 is 2.62 bits per heavy atom. The van der Waals surface area contributed by atoms with Gasteiger partial charge >= 0.3 is 6.03 Å². The standard InChI is InChI=1S/C24H24N6OS/c1-14-7-18(8-15(2)26-14)22-21(17-6-4-5-16(9-17)10-25)27-23(32-22)28-24(31)30-12-19-11-29(3)13-20(19)30/h4-9,19-20H,11-13H2,1-3H3,(H,27,28,31). The van der Waals surface area contributed by atoms with Gasteiger partial charge in [-0.05, 0) is 50.7 Å². The number of rotatable bonds is 3. The number of hydrogen-bond acceptors (Lipinski definition) is 6. The molecule has 7 nitrogen and oxygen atoms in total. The molecule has 0 radical (unpaired) electrons. The van der Waals surface area contributed by atoms with E-state index in [4.69, 9.17) is 4.98 Å². The van der Waals surface area contributed by atoms with Crippen LogP contribution < -0.4 is 5.32 Å². The van der Waals surface area contributed by atoms with Crippen molar-refractivity contribution in [3.05, 3.63) is 53.3 Å². The van der Waals surface area contributed by atoms with Gasteiger partial charge in [-0.15, -0.1) is 0 Å². The van der Waals surface area contributed by atoms with E-state index in [1.165, 1.54) is 11.3 Å². The molecule has 2 aromatic heterocycles. The maximum Gasteiger partial charge on any atom is 0.323 e. The summed E-state index contributed by atoms with van der Waals surface area (Å²) in [5, 5.41) is 12.9. The minimum absolute atomic E-state index is 0.0961. The summed E-state index contributed by atoms with van der Waals surface area (Å²) >= 11 is 1.45. The zero-order chi connectivity index (χ0) is 22.4. The van der Waals surface area contributed by atoms with Gasteiger partial charge in [0.05, 0.1) is 28.2 Å². The lowest BCUT2D eigenvalue weighted by molar-refractivity contribution is 0.0919. The second kappa shape index (κ2) is 8.01. The first-order chi connectivity index (χ1) is 15.4. The largest absolute Gasteiger partial charge is 0.323 e. The van der Waals surface area contributed by atoms with Crippen LogP contribution in [-0.2, 0) is 0 Å². The van der Waals surface area contributed by atoms with Crippen molar-refractivity contribution in [1.82, 2.24) is 19.8 Å². The molecule has 5 rings (SSSR count). The van der Waals surface area contributed by atoms with Crippen molar-refractivity contribution in [3.8, 4) is 27.8 Å². The highest BCUT2D eigenvalue weighted by molar-refractivity contribution is 7.19. The van der Waals surface area contributed by atoms with Crippen LogP contribution >= 0.6 is 11.3 Å². The van der Waals surface area contributed by atoms with E-state index < -0.39 is 0 Å². The van der Waals surface area contributed by atoms with Crippen LogP contribution in [0.4, 0.5) is 9.93 Å². The Labute approximate surface area is 191 Å². The quantitative estimate of drug-likeness (QED) is 0.656. The van der Waals surface area contributed by atoms with E-state index in [9.17, 15) is 10.1 Å². The Morgan fingerprint density at radius 1 is 1.12 bits per heavy atom. The molecule has 0 saturated carbocycles. The molecule has 2 aliphatic heterocycles. The molecule has 2 aliphatic rings. The molecule has 0 bridgehead atoms. The fourth-order valence-corrected chi connectivity index (χ4v) is 5.68. The predicted molar refractivity (Wildman–Crippen MR) is 125 cm³/mol. The van der Waals surface area contributed by atoms with Gasteiger partial charge in [0.25, 0.3) is 0 Å². The third kappa shape index (κ3) is 3.74. The molecule has 1 aromatic carbocycles. The lowest BCUT2D eigenvalue weighted by Gasteiger charge is -2.43. The molecule has 2 fully saturated rings. The molecule has 2 amide bonds. The topological polar surface area (TPSA) is 85.2 Å². The van der Waals surface area contributed by atoms with Crippen molar-refractivity contribution in [2.45, 2.75) is 19.9 Å². The Bertz CT molecular complexity index is 1230. The van der Waals surface area contributed by atoms with Crippen molar-refractivity contribution in [1.29, 1.82) is 5.26 Å². The zero-order valence-corrected chi connectivity index (χ0v) is 19.1. The Balaban J connectivity index is 1.49. The van der Waals surface area contributed by atoms with Gasteiger partial charge < -0.3 is 9.80 Å². The van der Waals surface area contributed by atoms with E-state index in [0.717, 1.165) is 52.7 Å². The molecule has 8 heteroatoms. The minimum atomic E-state index is -0.0961. The number of hydrogen-bond donors (Lipinski definition) is 1. The molecule has 32 heavy (non-hydrogen) atoms. The van der Waals surface area contributed by atoms with Gasteiger partial charge in [0.2, 0.25) is 0 Å². The summed E-state index contributed by atoms with van der Waals surface area (Å²) in [5.74, 6) is 0.574. The lowest BCUT2D eigenvalue weighted by Crippen LogP contribution is -2.59. The fourth-order valence-electron chi connectivity index (χ4n) is 4.71. The Hall–Kier alpha value is -3.28. The van der Waals surface area contributed by atoms with E-state index in [2.05, 4.69) is 28.3 Å². The third-order valence-electron chi connectivity index (χ3n) is 6.13. The van der Waals surface area contributed by atoms with Crippen molar-refractivity contribution in [3.63, 3.8) is 0 Å². The number of pyridine rings is 1. The van der Waals surface area contributed by atoms with Crippen LogP contribution in [-0.4, -0.2) is 58.5 Å². The molecule has 2 atom stereocenters. The lowest BCUT2D eigenvalue weighted by atomic mass is 9.93. The summed E-state index contributed by atoms with van der Waals surface area (Å²) in [4.78, 5) is 27.4. The number of thiazole rings is 1. The monoisotopic (exact) mass is 444 g/mol. The number of aryl methyl sites for hydroxylation is 2. The van der Waals surface area contributed by atoms with Crippen molar-refractivity contribution >= 4 is 22.5 Å². The first-order valence-electron chi connectivity index (χ1n) is 10.6. The summed E-state index contributed by atoms with van der Waals surface area (Å²) < 4.78 is 0. The second-order valence-corrected chi connectivity index (χ2v) is 9.66. The van der Waals surface area contributed by atoms with Crippen LogP contribution in [0, 0.1) is 31.1 Å². The summed E-state index contributed by atoms with van der Waals surface area (Å²) in [5.41, 5.74) is 5.04. The number of likely N-dealkylation sites (N-methyl/N-ethyl adjacent to an activating group) is 1. The SMILES string of the molecule is Cc1cc(-c2sc(NC(=O)N3CC4CN(C)CC43)nc2-c2cccc(C#N)c2)cc(C)n1. The number of amides is 2. The maximum absolute atomic E-state index is 13.0. The number of nitrogens with zero attached hydrogens (tertiary/aromatic N) is 5. The smallest absolute Gasteiger partial charge is 0.319 e. The molecule has 4 heterocycles. The number of fused-ring (bicyclic) bond motifs is 1.